The molecule has 3 rings (SSSR count). The smallest absolute Gasteiger partial charge is 0.227 e. The first-order valence-electron chi connectivity index (χ1n) is 8.64. The van der Waals surface area contributed by atoms with Gasteiger partial charge in [0.05, 0.1) is 0 Å². The van der Waals surface area contributed by atoms with Crippen molar-refractivity contribution < 1.29 is 9.21 Å². The highest BCUT2D eigenvalue weighted by Gasteiger charge is 2.11. The summed E-state index contributed by atoms with van der Waals surface area (Å²) in [4.78, 5) is 16.3. The Labute approximate surface area is 157 Å². The van der Waals surface area contributed by atoms with Crippen LogP contribution in [0.25, 0.3) is 22.6 Å². The predicted octanol–water partition coefficient (Wildman–Crippen LogP) is 4.81. The number of hydrogen-bond donors (Lipinski definition) is 2. The standard InChI is InChI=1S/C20H21N3O2S/c1-3-4-9-18(24)23-20(26)21-14-10-11-17-16(12-14)22-19(25-17)15-8-6-5-7-13(15)2/h5-8,10-12H,3-4,9H2,1-2H3,(H2,21,23,24,26). The molecule has 0 spiro atoms. The molecule has 1 aromatic heterocycles. The lowest BCUT2D eigenvalue weighted by atomic mass is 10.1. The highest BCUT2D eigenvalue weighted by atomic mass is 32.1. The molecule has 0 fully saturated rings. The average molecular weight is 367 g/mol. The van der Waals surface area contributed by atoms with Gasteiger partial charge < -0.3 is 15.1 Å². The van der Waals surface area contributed by atoms with Crippen molar-refractivity contribution in [1.29, 1.82) is 0 Å². The molecule has 1 heterocycles. The SMILES string of the molecule is CCCCC(=O)NC(=S)Nc1ccc2oc(-c3ccccc3C)nc2c1. The third kappa shape index (κ3) is 4.26. The Morgan fingerprint density at radius 2 is 2.04 bits per heavy atom. The van der Waals surface area contributed by atoms with Gasteiger partial charge in [-0.15, -0.1) is 0 Å². The number of rotatable bonds is 5. The van der Waals surface area contributed by atoms with Crippen molar-refractivity contribution in [3.63, 3.8) is 0 Å². The van der Waals surface area contributed by atoms with Gasteiger partial charge in [-0.25, -0.2) is 4.98 Å². The van der Waals surface area contributed by atoms with Crippen molar-refractivity contribution in [2.75, 3.05) is 5.32 Å². The molecule has 1 amide bonds. The van der Waals surface area contributed by atoms with E-state index in [0.29, 0.717) is 17.9 Å². The number of aromatic nitrogens is 1. The maximum Gasteiger partial charge on any atom is 0.227 e. The summed E-state index contributed by atoms with van der Waals surface area (Å²) < 4.78 is 5.86. The lowest BCUT2D eigenvalue weighted by Gasteiger charge is -2.09. The molecule has 134 valence electrons. The lowest BCUT2D eigenvalue weighted by Crippen LogP contribution is -2.33. The van der Waals surface area contributed by atoms with E-state index in [2.05, 4.69) is 15.6 Å². The summed E-state index contributed by atoms with van der Waals surface area (Å²) in [6.45, 7) is 4.07. The first-order valence-corrected chi connectivity index (χ1v) is 9.05. The van der Waals surface area contributed by atoms with Gasteiger partial charge in [-0.3, -0.25) is 4.79 Å². The molecule has 5 nitrogen and oxygen atoms in total. The molecule has 26 heavy (non-hydrogen) atoms. The third-order valence-corrected chi connectivity index (χ3v) is 4.24. The number of thiocarbonyl (C=S) groups is 1. The second kappa shape index (κ2) is 8.10. The third-order valence-electron chi connectivity index (χ3n) is 4.03. The molecule has 0 unspecified atom stereocenters. The number of nitrogens with one attached hydrogen (secondary N) is 2. The normalized spacial score (nSPS) is 10.7. The van der Waals surface area contributed by atoms with Gasteiger partial charge >= 0.3 is 0 Å². The van der Waals surface area contributed by atoms with Crippen LogP contribution < -0.4 is 10.6 Å². The van der Waals surface area contributed by atoms with Crippen molar-refractivity contribution in [2.24, 2.45) is 0 Å². The topological polar surface area (TPSA) is 67.2 Å². The van der Waals surface area contributed by atoms with Crippen LogP contribution in [0.1, 0.15) is 31.7 Å². The van der Waals surface area contributed by atoms with Gasteiger partial charge in [-0.05, 0) is 55.4 Å². The van der Waals surface area contributed by atoms with E-state index in [0.717, 1.165) is 35.2 Å². The highest BCUT2D eigenvalue weighted by Crippen LogP contribution is 2.28. The number of anilines is 1. The molecule has 0 aliphatic heterocycles. The van der Waals surface area contributed by atoms with E-state index < -0.39 is 0 Å². The van der Waals surface area contributed by atoms with Crippen LogP contribution >= 0.6 is 12.2 Å². The van der Waals surface area contributed by atoms with Crippen molar-refractivity contribution in [2.45, 2.75) is 33.1 Å². The fraction of sp³-hybridized carbons (Fsp3) is 0.250. The van der Waals surface area contributed by atoms with E-state index in [1.54, 1.807) is 0 Å². The molecule has 0 bridgehead atoms. The average Bonchev–Trinajstić information content (AvgIpc) is 3.03. The molecular weight excluding hydrogens is 346 g/mol. The molecule has 2 N–H and O–H groups in total. The van der Waals surface area contributed by atoms with E-state index in [-0.39, 0.29) is 11.0 Å². The van der Waals surface area contributed by atoms with Gasteiger partial charge in [-0.1, -0.05) is 31.5 Å². The monoisotopic (exact) mass is 367 g/mol. The number of unbranched alkanes of at least 4 members (excludes halogenated alkanes) is 1. The first-order chi connectivity index (χ1) is 12.6. The highest BCUT2D eigenvalue weighted by molar-refractivity contribution is 7.80. The van der Waals surface area contributed by atoms with Crippen LogP contribution in [0.3, 0.4) is 0 Å². The molecule has 0 radical (unpaired) electrons. The Morgan fingerprint density at radius 3 is 2.81 bits per heavy atom. The Bertz CT molecular complexity index is 949. The summed E-state index contributed by atoms with van der Waals surface area (Å²) in [5.74, 6) is 0.513. The Kier molecular flexibility index (Phi) is 5.63. The zero-order chi connectivity index (χ0) is 18.5. The quantitative estimate of drug-likeness (QED) is 0.634. The van der Waals surface area contributed by atoms with Crippen LogP contribution in [0.15, 0.2) is 46.9 Å². The molecule has 0 saturated heterocycles. The molecule has 3 aromatic rings. The minimum atomic E-state index is -0.0753. The van der Waals surface area contributed by atoms with E-state index in [4.69, 9.17) is 16.6 Å². The van der Waals surface area contributed by atoms with Crippen molar-refractivity contribution >= 4 is 40.0 Å². The number of nitrogens with zero attached hydrogens (tertiary/aromatic N) is 1. The van der Waals surface area contributed by atoms with E-state index in [1.165, 1.54) is 0 Å². The predicted molar refractivity (Wildman–Crippen MR) is 108 cm³/mol. The van der Waals surface area contributed by atoms with Crippen molar-refractivity contribution in [3.8, 4) is 11.5 Å². The minimum Gasteiger partial charge on any atom is -0.436 e. The van der Waals surface area contributed by atoms with Crippen LogP contribution in [0.4, 0.5) is 5.69 Å². The summed E-state index contributed by atoms with van der Waals surface area (Å²) in [7, 11) is 0. The summed E-state index contributed by atoms with van der Waals surface area (Å²) in [6.07, 6.45) is 2.29. The molecule has 6 heteroatoms. The largest absolute Gasteiger partial charge is 0.436 e. The molecule has 2 aromatic carbocycles. The Morgan fingerprint density at radius 1 is 1.23 bits per heavy atom. The van der Waals surface area contributed by atoms with Gasteiger partial charge in [0.2, 0.25) is 11.8 Å². The molecule has 0 saturated carbocycles. The van der Waals surface area contributed by atoms with E-state index >= 15 is 0 Å². The van der Waals surface area contributed by atoms with Crippen LogP contribution in [0.5, 0.6) is 0 Å². The Balaban J connectivity index is 1.74. The number of carbonyl (C=O) groups excluding carboxylic acids is 1. The van der Waals surface area contributed by atoms with Crippen LogP contribution in [0, 0.1) is 6.92 Å². The van der Waals surface area contributed by atoms with Crippen molar-refractivity contribution in [3.05, 3.63) is 48.0 Å². The maximum atomic E-state index is 11.7. The number of benzene rings is 2. The van der Waals surface area contributed by atoms with Gasteiger partial charge in [-0.2, -0.15) is 0 Å². The number of aryl methyl sites for hydroxylation is 1. The minimum absolute atomic E-state index is 0.0753. The fourth-order valence-electron chi connectivity index (χ4n) is 2.62. The van der Waals surface area contributed by atoms with Gasteiger partial charge in [0.25, 0.3) is 0 Å². The Hall–Kier alpha value is -2.73. The second-order valence-electron chi connectivity index (χ2n) is 6.12. The summed E-state index contributed by atoms with van der Waals surface area (Å²) in [5, 5.41) is 5.99. The zero-order valence-corrected chi connectivity index (χ0v) is 15.7. The van der Waals surface area contributed by atoms with Crippen molar-refractivity contribution in [1.82, 2.24) is 10.3 Å². The number of carbonyl (C=O) groups is 1. The van der Waals surface area contributed by atoms with Gasteiger partial charge in [0.15, 0.2) is 10.7 Å². The second-order valence-corrected chi connectivity index (χ2v) is 6.53. The molecular formula is C20H21N3O2S. The summed E-state index contributed by atoms with van der Waals surface area (Å²) >= 11 is 5.20. The molecule has 0 aliphatic rings. The number of oxazole rings is 1. The molecule has 0 aliphatic carbocycles. The molecule has 0 atom stereocenters. The van der Waals surface area contributed by atoms with E-state index in [1.807, 2.05) is 56.3 Å². The summed E-state index contributed by atoms with van der Waals surface area (Å²) in [5.41, 5.74) is 4.26. The van der Waals surface area contributed by atoms with Gasteiger partial charge in [0.1, 0.15) is 5.52 Å². The van der Waals surface area contributed by atoms with Crippen LogP contribution in [-0.4, -0.2) is 16.0 Å². The summed E-state index contributed by atoms with van der Waals surface area (Å²) in [6, 6.07) is 13.5. The zero-order valence-electron chi connectivity index (χ0n) is 14.8. The van der Waals surface area contributed by atoms with Gasteiger partial charge in [0, 0.05) is 17.7 Å². The first kappa shape index (κ1) is 18.1. The van der Waals surface area contributed by atoms with Crippen LogP contribution in [-0.2, 0) is 4.79 Å². The fourth-order valence-corrected chi connectivity index (χ4v) is 2.85. The van der Waals surface area contributed by atoms with E-state index in [9.17, 15) is 4.79 Å². The maximum absolute atomic E-state index is 11.7. The van der Waals surface area contributed by atoms with Crippen LogP contribution in [0.2, 0.25) is 0 Å². The lowest BCUT2D eigenvalue weighted by molar-refractivity contribution is -0.119. The number of amides is 1. The number of fused-ring (bicyclic) bond motifs is 1. The number of hydrogen-bond acceptors (Lipinski definition) is 4.